The Kier molecular flexibility index (Phi) is 7.74. The van der Waals surface area contributed by atoms with E-state index in [2.05, 4.69) is 200 Å². The van der Waals surface area contributed by atoms with E-state index in [1.54, 1.807) is 0 Å². The summed E-state index contributed by atoms with van der Waals surface area (Å²) in [6.45, 7) is 9.10. The number of aromatic nitrogens is 2. The van der Waals surface area contributed by atoms with Crippen molar-refractivity contribution >= 4 is 48.9 Å². The molecule has 0 N–H and O–H groups in total. The molecular formula is C53H40N2. The number of pyridine rings is 1. The van der Waals surface area contributed by atoms with Crippen molar-refractivity contribution in [3.8, 4) is 39.1 Å². The van der Waals surface area contributed by atoms with Gasteiger partial charge in [-0.1, -0.05) is 154 Å². The molecule has 10 rings (SSSR count). The van der Waals surface area contributed by atoms with E-state index in [0.29, 0.717) is 0 Å². The van der Waals surface area contributed by atoms with Crippen molar-refractivity contribution in [2.24, 2.45) is 0 Å². The molecular weight excluding hydrogens is 665 g/mol. The van der Waals surface area contributed by atoms with Crippen molar-refractivity contribution in [1.29, 1.82) is 0 Å². The van der Waals surface area contributed by atoms with Gasteiger partial charge in [0, 0.05) is 28.9 Å². The molecule has 55 heavy (non-hydrogen) atoms. The summed E-state index contributed by atoms with van der Waals surface area (Å²) in [7, 11) is 0. The second-order valence-corrected chi connectivity index (χ2v) is 15.4. The molecule has 0 radical (unpaired) electrons. The normalized spacial score (nSPS) is 15.1. The Morgan fingerprint density at radius 2 is 1.16 bits per heavy atom. The van der Waals surface area contributed by atoms with Crippen LogP contribution in [0.25, 0.3) is 88.0 Å². The topological polar surface area (TPSA) is 17.8 Å². The average Bonchev–Trinajstić information content (AvgIpc) is 3.58. The predicted molar refractivity (Wildman–Crippen MR) is 235 cm³/mol. The molecule has 0 bridgehead atoms. The summed E-state index contributed by atoms with van der Waals surface area (Å²) in [5.74, 6) is 0. The van der Waals surface area contributed by atoms with E-state index in [-0.39, 0.29) is 5.41 Å². The lowest BCUT2D eigenvalue weighted by Crippen LogP contribution is -2.18. The quantitative estimate of drug-likeness (QED) is 0.167. The number of nitrogens with zero attached hydrogens (tertiary/aromatic N) is 2. The Hall–Kier alpha value is -6.77. The van der Waals surface area contributed by atoms with E-state index in [4.69, 9.17) is 0 Å². The highest BCUT2D eigenvalue weighted by atomic mass is 15.0. The van der Waals surface area contributed by atoms with Gasteiger partial charge in [0.2, 0.25) is 0 Å². The zero-order valence-electron chi connectivity index (χ0n) is 31.1. The maximum absolute atomic E-state index is 4.62. The maximum atomic E-state index is 4.62. The Balaban J connectivity index is 1.19. The van der Waals surface area contributed by atoms with Gasteiger partial charge in [-0.15, -0.1) is 0 Å². The minimum atomic E-state index is -0.0648. The Morgan fingerprint density at radius 3 is 1.89 bits per heavy atom. The third kappa shape index (κ3) is 5.44. The van der Waals surface area contributed by atoms with Gasteiger partial charge in [0.15, 0.2) is 0 Å². The van der Waals surface area contributed by atoms with Crippen LogP contribution in [0.2, 0.25) is 0 Å². The minimum Gasteiger partial charge on any atom is -0.309 e. The molecule has 2 heteroatoms. The third-order valence-corrected chi connectivity index (χ3v) is 11.6. The van der Waals surface area contributed by atoms with Gasteiger partial charge in [-0.25, -0.2) is 0 Å². The molecule has 262 valence electrons. The van der Waals surface area contributed by atoms with Gasteiger partial charge < -0.3 is 4.57 Å². The monoisotopic (exact) mass is 704 g/mol. The molecule has 2 nitrogen and oxygen atoms in total. The van der Waals surface area contributed by atoms with Crippen LogP contribution in [0.4, 0.5) is 0 Å². The molecule has 7 aromatic carbocycles. The fourth-order valence-electron chi connectivity index (χ4n) is 8.84. The van der Waals surface area contributed by atoms with Crippen molar-refractivity contribution in [3.63, 3.8) is 0 Å². The third-order valence-electron chi connectivity index (χ3n) is 11.6. The SMILES string of the molecule is C=C1/C=C\C=C/CC(C)(C)c2cc(-n3c4ccncc4c4cc(-c5ccc6c(-c7ccccc7)c7ccccc7c(-c7ccccc7)c6c5)ccc43)ccc21. The molecule has 0 amide bonds. The van der Waals surface area contributed by atoms with Gasteiger partial charge in [0.1, 0.15) is 0 Å². The first-order valence-electron chi connectivity index (χ1n) is 19.1. The highest BCUT2D eigenvalue weighted by Gasteiger charge is 2.25. The fraction of sp³-hybridized carbons (Fsp3) is 0.0755. The minimum absolute atomic E-state index is 0.0648. The molecule has 0 unspecified atom stereocenters. The number of allylic oxidation sites excluding steroid dienone is 5. The Labute approximate surface area is 322 Å². The summed E-state index contributed by atoms with van der Waals surface area (Å²) >= 11 is 0. The van der Waals surface area contributed by atoms with Crippen molar-refractivity contribution in [2.75, 3.05) is 0 Å². The summed E-state index contributed by atoms with van der Waals surface area (Å²) in [5, 5.41) is 7.34. The lowest BCUT2D eigenvalue weighted by molar-refractivity contribution is 0.533. The van der Waals surface area contributed by atoms with E-state index in [1.165, 1.54) is 71.4 Å². The van der Waals surface area contributed by atoms with Crippen LogP contribution in [-0.4, -0.2) is 9.55 Å². The van der Waals surface area contributed by atoms with Crippen LogP contribution in [0, 0.1) is 0 Å². The molecule has 0 saturated carbocycles. The lowest BCUT2D eigenvalue weighted by Gasteiger charge is -2.28. The van der Waals surface area contributed by atoms with Crippen LogP contribution >= 0.6 is 0 Å². The molecule has 0 atom stereocenters. The molecule has 1 aliphatic rings. The molecule has 0 saturated heterocycles. The second-order valence-electron chi connectivity index (χ2n) is 15.4. The van der Waals surface area contributed by atoms with E-state index in [9.17, 15) is 0 Å². The van der Waals surface area contributed by atoms with Crippen LogP contribution in [0.3, 0.4) is 0 Å². The van der Waals surface area contributed by atoms with Crippen molar-refractivity contribution in [3.05, 3.63) is 200 Å². The van der Waals surface area contributed by atoms with E-state index < -0.39 is 0 Å². The van der Waals surface area contributed by atoms with Crippen molar-refractivity contribution in [1.82, 2.24) is 9.55 Å². The second kappa shape index (κ2) is 13.0. The zero-order chi connectivity index (χ0) is 37.1. The van der Waals surface area contributed by atoms with Crippen LogP contribution in [0.5, 0.6) is 0 Å². The largest absolute Gasteiger partial charge is 0.309 e. The highest BCUT2D eigenvalue weighted by molar-refractivity contribution is 6.22. The van der Waals surface area contributed by atoms with Crippen LogP contribution in [-0.2, 0) is 5.41 Å². The van der Waals surface area contributed by atoms with E-state index >= 15 is 0 Å². The maximum Gasteiger partial charge on any atom is 0.0571 e. The van der Waals surface area contributed by atoms with E-state index in [1.807, 2.05) is 12.4 Å². The molecule has 2 heterocycles. The van der Waals surface area contributed by atoms with Crippen LogP contribution < -0.4 is 0 Å². The van der Waals surface area contributed by atoms with Gasteiger partial charge in [0.05, 0.1) is 11.0 Å². The van der Waals surface area contributed by atoms with Gasteiger partial charge >= 0.3 is 0 Å². The summed E-state index contributed by atoms with van der Waals surface area (Å²) in [6.07, 6.45) is 13.5. The van der Waals surface area contributed by atoms with Gasteiger partial charge in [-0.3, -0.25) is 4.98 Å². The molecule has 0 spiro atoms. The first-order valence-corrected chi connectivity index (χ1v) is 19.1. The number of rotatable bonds is 4. The van der Waals surface area contributed by atoms with E-state index in [0.717, 1.165) is 34.1 Å². The molecule has 2 aromatic heterocycles. The van der Waals surface area contributed by atoms with Crippen LogP contribution in [0.15, 0.2) is 189 Å². The fourth-order valence-corrected chi connectivity index (χ4v) is 8.84. The first-order chi connectivity index (χ1) is 27.0. The average molecular weight is 705 g/mol. The predicted octanol–water partition coefficient (Wildman–Crippen LogP) is 14.3. The molecule has 0 fully saturated rings. The molecule has 0 aliphatic heterocycles. The smallest absolute Gasteiger partial charge is 0.0571 e. The van der Waals surface area contributed by atoms with Crippen LogP contribution in [0.1, 0.15) is 31.4 Å². The lowest BCUT2D eigenvalue weighted by atomic mass is 9.77. The van der Waals surface area contributed by atoms with Gasteiger partial charge in [0.25, 0.3) is 0 Å². The summed E-state index contributed by atoms with van der Waals surface area (Å²) in [6, 6.07) is 53.5. The van der Waals surface area contributed by atoms with Gasteiger partial charge in [-0.05, 0) is 120 Å². The summed E-state index contributed by atoms with van der Waals surface area (Å²) < 4.78 is 2.40. The first kappa shape index (κ1) is 32.8. The molecule has 1 aliphatic carbocycles. The number of hydrogen-bond acceptors (Lipinski definition) is 1. The Bertz CT molecular complexity index is 3030. The highest BCUT2D eigenvalue weighted by Crippen LogP contribution is 2.45. The van der Waals surface area contributed by atoms with Gasteiger partial charge in [-0.2, -0.15) is 0 Å². The van der Waals surface area contributed by atoms with Crippen molar-refractivity contribution < 1.29 is 0 Å². The number of benzene rings is 7. The molecule has 9 aromatic rings. The Morgan fingerprint density at radius 1 is 0.545 bits per heavy atom. The summed E-state index contributed by atoms with van der Waals surface area (Å²) in [5.41, 5.74) is 14.3. The number of hydrogen-bond donors (Lipinski definition) is 0. The zero-order valence-corrected chi connectivity index (χ0v) is 31.1. The summed E-state index contributed by atoms with van der Waals surface area (Å²) in [4.78, 5) is 4.62. The number of fused-ring (bicyclic) bond motifs is 6. The standard InChI is InChI=1S/C53H40N2/c1-35-15-7-6-14-29-53(2,3)48-33-40(24-26-41(35)48)55-49-27-23-39(31-45(49)47-34-54-30-28-50(47)55)38-22-25-44-46(32-38)52(37-18-10-5-11-19-37)43-21-13-12-20-42(43)51(44)36-16-8-4-9-17-36/h4-28,30-34H,1,29H2,2-3H3/b14-6-,15-7-. The van der Waals surface area contributed by atoms with Crippen molar-refractivity contribution in [2.45, 2.75) is 25.7 Å².